The summed E-state index contributed by atoms with van der Waals surface area (Å²) in [6.07, 6.45) is 2.26. The molecule has 4 heteroatoms. The van der Waals surface area contributed by atoms with Crippen LogP contribution in [0.4, 0.5) is 10.2 Å². The van der Waals surface area contributed by atoms with Gasteiger partial charge in [-0.15, -0.1) is 0 Å². The molecule has 0 radical (unpaired) electrons. The zero-order valence-electron chi connectivity index (χ0n) is 11.0. The molecular weight excluding hydrogens is 253 g/mol. The van der Waals surface area contributed by atoms with Crippen LogP contribution in [0.25, 0.3) is 11.3 Å². The van der Waals surface area contributed by atoms with Crippen LogP contribution in [0.1, 0.15) is 18.4 Å². The molecule has 2 aromatic rings. The van der Waals surface area contributed by atoms with E-state index in [0.717, 1.165) is 43.0 Å². The summed E-state index contributed by atoms with van der Waals surface area (Å²) in [5.74, 6) is 0.481. The smallest absolute Gasteiger partial charge is 0.147 e. The minimum atomic E-state index is -0.262. The number of benzene rings is 1. The molecule has 20 heavy (non-hydrogen) atoms. The number of hydrogen-bond acceptors (Lipinski definition) is 3. The van der Waals surface area contributed by atoms with E-state index < -0.39 is 0 Å². The van der Waals surface area contributed by atoms with Gasteiger partial charge in [-0.1, -0.05) is 0 Å². The molecule has 3 rings (SSSR count). The summed E-state index contributed by atoms with van der Waals surface area (Å²) < 4.78 is 13.0. The van der Waals surface area contributed by atoms with Crippen molar-refractivity contribution in [1.82, 2.24) is 4.98 Å². The number of rotatable bonds is 2. The van der Waals surface area contributed by atoms with Gasteiger partial charge in [0.2, 0.25) is 0 Å². The Labute approximate surface area is 117 Å². The molecule has 0 amide bonds. The molecule has 0 saturated carbocycles. The Hall–Kier alpha value is -2.41. The first-order chi connectivity index (χ1) is 9.78. The summed E-state index contributed by atoms with van der Waals surface area (Å²) in [6, 6.07) is 12.1. The van der Waals surface area contributed by atoms with Crippen molar-refractivity contribution in [2.24, 2.45) is 0 Å². The number of halogens is 1. The summed E-state index contributed by atoms with van der Waals surface area (Å²) in [7, 11) is 0. The molecule has 0 spiro atoms. The SMILES string of the molecule is N#Cc1ccc(-c2ccc(F)cc2)nc1N1CCCC1. The van der Waals surface area contributed by atoms with E-state index in [2.05, 4.69) is 16.0 Å². The van der Waals surface area contributed by atoms with Gasteiger partial charge in [0.05, 0.1) is 11.3 Å². The number of anilines is 1. The van der Waals surface area contributed by atoms with E-state index in [-0.39, 0.29) is 5.82 Å². The van der Waals surface area contributed by atoms with Crippen molar-refractivity contribution in [2.45, 2.75) is 12.8 Å². The summed E-state index contributed by atoms with van der Waals surface area (Å²) in [5.41, 5.74) is 2.22. The van der Waals surface area contributed by atoms with Crippen LogP contribution in [0.3, 0.4) is 0 Å². The minimum Gasteiger partial charge on any atom is -0.356 e. The van der Waals surface area contributed by atoms with Crippen molar-refractivity contribution < 1.29 is 4.39 Å². The molecule has 100 valence electrons. The fraction of sp³-hybridized carbons (Fsp3) is 0.250. The average Bonchev–Trinajstić information content (AvgIpc) is 3.01. The minimum absolute atomic E-state index is 0.262. The predicted molar refractivity (Wildman–Crippen MR) is 75.8 cm³/mol. The molecule has 0 atom stereocenters. The number of nitrogens with zero attached hydrogens (tertiary/aromatic N) is 3. The standard InChI is InChI=1S/C16H14FN3/c17-14-6-3-12(4-7-14)15-8-5-13(11-18)16(19-15)20-9-1-2-10-20/h3-8H,1-2,9-10H2. The molecule has 1 aromatic heterocycles. The van der Waals surface area contributed by atoms with Gasteiger partial charge in [-0.2, -0.15) is 5.26 Å². The largest absolute Gasteiger partial charge is 0.356 e. The monoisotopic (exact) mass is 267 g/mol. The first-order valence-corrected chi connectivity index (χ1v) is 6.70. The van der Waals surface area contributed by atoms with Crippen molar-refractivity contribution in [2.75, 3.05) is 18.0 Å². The quantitative estimate of drug-likeness (QED) is 0.837. The Morgan fingerprint density at radius 2 is 1.75 bits per heavy atom. The lowest BCUT2D eigenvalue weighted by atomic mass is 10.1. The van der Waals surface area contributed by atoms with Gasteiger partial charge in [0, 0.05) is 18.7 Å². The molecule has 0 aliphatic carbocycles. The third-order valence-corrected chi connectivity index (χ3v) is 3.54. The first kappa shape index (κ1) is 12.6. The molecular formula is C16H14FN3. The van der Waals surface area contributed by atoms with E-state index in [0.29, 0.717) is 5.56 Å². The van der Waals surface area contributed by atoms with Crippen LogP contribution in [-0.4, -0.2) is 18.1 Å². The molecule has 2 heterocycles. The van der Waals surface area contributed by atoms with Crippen LogP contribution in [0.2, 0.25) is 0 Å². The Bertz CT molecular complexity index is 652. The van der Waals surface area contributed by atoms with Crippen molar-refractivity contribution in [3.63, 3.8) is 0 Å². The Morgan fingerprint density at radius 1 is 1.05 bits per heavy atom. The fourth-order valence-electron chi connectivity index (χ4n) is 2.49. The zero-order chi connectivity index (χ0) is 13.9. The van der Waals surface area contributed by atoms with Crippen LogP contribution in [0, 0.1) is 17.1 Å². The van der Waals surface area contributed by atoms with Gasteiger partial charge in [0.15, 0.2) is 0 Å². The Balaban J connectivity index is 2.03. The van der Waals surface area contributed by atoms with Gasteiger partial charge in [-0.05, 0) is 49.2 Å². The highest BCUT2D eigenvalue weighted by molar-refractivity contribution is 5.65. The fourth-order valence-corrected chi connectivity index (χ4v) is 2.49. The van der Waals surface area contributed by atoms with Crippen molar-refractivity contribution in [3.8, 4) is 17.3 Å². The van der Waals surface area contributed by atoms with E-state index in [1.807, 2.05) is 6.07 Å². The van der Waals surface area contributed by atoms with Crippen LogP contribution < -0.4 is 4.90 Å². The molecule has 0 bridgehead atoms. The van der Waals surface area contributed by atoms with Gasteiger partial charge in [0.1, 0.15) is 17.7 Å². The molecule has 1 aliphatic heterocycles. The molecule has 0 N–H and O–H groups in total. The van der Waals surface area contributed by atoms with E-state index in [9.17, 15) is 9.65 Å². The Kier molecular flexibility index (Phi) is 3.34. The van der Waals surface area contributed by atoms with Crippen LogP contribution in [0.15, 0.2) is 36.4 Å². The lowest BCUT2D eigenvalue weighted by Crippen LogP contribution is -2.20. The number of nitriles is 1. The second-order valence-corrected chi connectivity index (χ2v) is 4.88. The van der Waals surface area contributed by atoms with Crippen LogP contribution in [0.5, 0.6) is 0 Å². The summed E-state index contributed by atoms with van der Waals surface area (Å²) in [5, 5.41) is 9.21. The lowest BCUT2D eigenvalue weighted by Gasteiger charge is -2.18. The van der Waals surface area contributed by atoms with Crippen LogP contribution >= 0.6 is 0 Å². The van der Waals surface area contributed by atoms with Crippen molar-refractivity contribution in [3.05, 3.63) is 47.8 Å². The van der Waals surface area contributed by atoms with Crippen molar-refractivity contribution in [1.29, 1.82) is 5.26 Å². The van der Waals surface area contributed by atoms with E-state index in [1.54, 1.807) is 18.2 Å². The maximum Gasteiger partial charge on any atom is 0.147 e. The highest BCUT2D eigenvalue weighted by Gasteiger charge is 2.18. The molecule has 1 aliphatic rings. The van der Waals surface area contributed by atoms with E-state index in [1.165, 1.54) is 12.1 Å². The van der Waals surface area contributed by atoms with Gasteiger partial charge in [-0.25, -0.2) is 9.37 Å². The van der Waals surface area contributed by atoms with Gasteiger partial charge in [0.25, 0.3) is 0 Å². The summed E-state index contributed by atoms with van der Waals surface area (Å²) in [4.78, 5) is 6.75. The van der Waals surface area contributed by atoms with Gasteiger partial charge < -0.3 is 4.90 Å². The Morgan fingerprint density at radius 3 is 2.40 bits per heavy atom. The number of aromatic nitrogens is 1. The van der Waals surface area contributed by atoms with Gasteiger partial charge in [-0.3, -0.25) is 0 Å². The molecule has 1 saturated heterocycles. The first-order valence-electron chi connectivity index (χ1n) is 6.70. The topological polar surface area (TPSA) is 39.9 Å². The van der Waals surface area contributed by atoms with Gasteiger partial charge >= 0.3 is 0 Å². The zero-order valence-corrected chi connectivity index (χ0v) is 11.0. The maximum absolute atomic E-state index is 13.0. The summed E-state index contributed by atoms with van der Waals surface area (Å²) in [6.45, 7) is 1.88. The van der Waals surface area contributed by atoms with E-state index in [4.69, 9.17) is 0 Å². The average molecular weight is 267 g/mol. The summed E-state index contributed by atoms with van der Waals surface area (Å²) >= 11 is 0. The highest BCUT2D eigenvalue weighted by atomic mass is 19.1. The number of hydrogen-bond donors (Lipinski definition) is 0. The second kappa shape index (κ2) is 5.30. The predicted octanol–water partition coefficient (Wildman–Crippen LogP) is 3.36. The molecule has 0 unspecified atom stereocenters. The highest BCUT2D eigenvalue weighted by Crippen LogP contribution is 2.26. The third kappa shape index (κ3) is 2.35. The normalized spacial score (nSPS) is 14.3. The van der Waals surface area contributed by atoms with E-state index >= 15 is 0 Å². The molecule has 1 fully saturated rings. The second-order valence-electron chi connectivity index (χ2n) is 4.88. The number of pyridine rings is 1. The van der Waals surface area contributed by atoms with Crippen LogP contribution in [-0.2, 0) is 0 Å². The third-order valence-electron chi connectivity index (χ3n) is 3.54. The van der Waals surface area contributed by atoms with Crippen molar-refractivity contribution >= 4 is 5.82 Å². The molecule has 3 nitrogen and oxygen atoms in total. The maximum atomic E-state index is 13.0. The molecule has 1 aromatic carbocycles. The lowest BCUT2D eigenvalue weighted by molar-refractivity contribution is 0.628.